The van der Waals surface area contributed by atoms with Gasteiger partial charge < -0.3 is 4.74 Å². The van der Waals surface area contributed by atoms with E-state index in [2.05, 4.69) is 15.0 Å². The van der Waals surface area contributed by atoms with Gasteiger partial charge in [-0.3, -0.25) is 19.5 Å². The molecule has 0 saturated carbocycles. The van der Waals surface area contributed by atoms with Gasteiger partial charge in [0.15, 0.2) is 5.16 Å². The molecule has 3 rings (SSSR count). The van der Waals surface area contributed by atoms with Crippen molar-refractivity contribution in [3.8, 4) is 5.69 Å². The second kappa shape index (κ2) is 7.71. The lowest BCUT2D eigenvalue weighted by Crippen LogP contribution is -2.36. The number of methoxy groups -OCH3 is 1. The highest BCUT2D eigenvalue weighted by atomic mass is 32.2. The summed E-state index contributed by atoms with van der Waals surface area (Å²) >= 11 is 2.45. The van der Waals surface area contributed by atoms with Crippen LogP contribution in [0.5, 0.6) is 0 Å². The molecule has 134 valence electrons. The SMILES string of the molecule is COC(=O)NC(=O)[C@@H](C)Sc1nc2sccc2c(=O)n1-c1ccccc1. The number of carbonyl (C=O) groups excluding carboxylic acids is 2. The summed E-state index contributed by atoms with van der Waals surface area (Å²) in [5.41, 5.74) is 0.451. The fourth-order valence-electron chi connectivity index (χ4n) is 2.24. The molecule has 1 atom stereocenters. The highest BCUT2D eigenvalue weighted by Crippen LogP contribution is 2.26. The lowest BCUT2D eigenvalue weighted by Gasteiger charge is -2.15. The second-order valence-corrected chi connectivity index (χ2v) is 7.45. The third kappa shape index (κ3) is 3.63. The Bertz CT molecular complexity index is 1010. The lowest BCUT2D eigenvalue weighted by atomic mass is 10.3. The average molecular weight is 389 g/mol. The molecule has 2 aromatic heterocycles. The predicted molar refractivity (Wildman–Crippen MR) is 101 cm³/mol. The monoisotopic (exact) mass is 389 g/mol. The molecular formula is C17H15N3O4S2. The number of para-hydroxylation sites is 1. The van der Waals surface area contributed by atoms with Gasteiger partial charge in [0.2, 0.25) is 5.91 Å². The number of aromatic nitrogens is 2. The minimum Gasteiger partial charge on any atom is -0.453 e. The molecule has 0 bridgehead atoms. The van der Waals surface area contributed by atoms with Gasteiger partial charge in [0.05, 0.1) is 23.4 Å². The first-order valence-corrected chi connectivity index (χ1v) is 9.38. The number of hydrogen-bond donors (Lipinski definition) is 1. The molecule has 0 aliphatic carbocycles. The van der Waals surface area contributed by atoms with Crippen molar-refractivity contribution >= 4 is 45.3 Å². The molecule has 1 aromatic carbocycles. The number of ether oxygens (including phenoxy) is 1. The van der Waals surface area contributed by atoms with Crippen molar-refractivity contribution in [3.63, 3.8) is 0 Å². The van der Waals surface area contributed by atoms with E-state index in [1.54, 1.807) is 30.5 Å². The van der Waals surface area contributed by atoms with Crippen LogP contribution in [0.4, 0.5) is 4.79 Å². The largest absolute Gasteiger partial charge is 0.453 e. The van der Waals surface area contributed by atoms with E-state index in [-0.39, 0.29) is 5.56 Å². The molecule has 7 nitrogen and oxygen atoms in total. The Hall–Kier alpha value is -2.65. The zero-order valence-electron chi connectivity index (χ0n) is 14.0. The number of nitrogens with one attached hydrogen (secondary N) is 1. The molecule has 3 aromatic rings. The maximum Gasteiger partial charge on any atom is 0.413 e. The van der Waals surface area contributed by atoms with Gasteiger partial charge in [0.1, 0.15) is 4.83 Å². The van der Waals surface area contributed by atoms with E-state index >= 15 is 0 Å². The normalized spacial score (nSPS) is 11.9. The number of rotatable bonds is 4. The van der Waals surface area contributed by atoms with E-state index in [4.69, 9.17) is 0 Å². The molecule has 0 fully saturated rings. The van der Waals surface area contributed by atoms with Crippen molar-refractivity contribution in [3.05, 3.63) is 52.1 Å². The molecule has 0 aliphatic heterocycles. The van der Waals surface area contributed by atoms with Crippen molar-refractivity contribution in [2.24, 2.45) is 0 Å². The van der Waals surface area contributed by atoms with Crippen LogP contribution in [0.25, 0.3) is 15.9 Å². The van der Waals surface area contributed by atoms with Gasteiger partial charge in [-0.25, -0.2) is 9.78 Å². The van der Waals surface area contributed by atoms with Crippen molar-refractivity contribution in [2.45, 2.75) is 17.3 Å². The van der Waals surface area contributed by atoms with Crippen LogP contribution in [0.2, 0.25) is 0 Å². The Kier molecular flexibility index (Phi) is 5.38. The number of nitrogens with zero attached hydrogens (tertiary/aromatic N) is 2. The van der Waals surface area contributed by atoms with Gasteiger partial charge in [-0.1, -0.05) is 30.0 Å². The zero-order valence-corrected chi connectivity index (χ0v) is 15.6. The molecule has 2 heterocycles. The van der Waals surface area contributed by atoms with Gasteiger partial charge in [-0.15, -0.1) is 11.3 Å². The molecule has 0 unspecified atom stereocenters. The van der Waals surface area contributed by atoms with Crippen LogP contribution in [0, 0.1) is 0 Å². The van der Waals surface area contributed by atoms with Crippen LogP contribution in [-0.4, -0.2) is 33.9 Å². The smallest absolute Gasteiger partial charge is 0.413 e. The van der Waals surface area contributed by atoms with E-state index in [0.29, 0.717) is 21.1 Å². The van der Waals surface area contributed by atoms with Crippen LogP contribution in [0.3, 0.4) is 0 Å². The maximum absolute atomic E-state index is 12.9. The van der Waals surface area contributed by atoms with E-state index in [9.17, 15) is 14.4 Å². The standard InChI is InChI=1S/C17H15N3O4S2/c1-10(13(21)18-17(23)24-2)26-16-19-14-12(8-9-25-14)15(22)20(16)11-6-4-3-5-7-11/h3-10H,1-2H3,(H,18,21,23)/t10-/m1/s1. The predicted octanol–water partition coefficient (Wildman–Crippen LogP) is 2.81. The van der Waals surface area contributed by atoms with Crippen LogP contribution >= 0.6 is 23.1 Å². The van der Waals surface area contributed by atoms with Crippen molar-refractivity contribution < 1.29 is 14.3 Å². The molecular weight excluding hydrogens is 374 g/mol. The number of thiophene rings is 1. The quantitative estimate of drug-likeness (QED) is 0.545. The van der Waals surface area contributed by atoms with E-state index in [0.717, 1.165) is 11.8 Å². The summed E-state index contributed by atoms with van der Waals surface area (Å²) in [6, 6.07) is 10.8. The first-order valence-electron chi connectivity index (χ1n) is 7.62. The number of carbonyl (C=O) groups is 2. The van der Waals surface area contributed by atoms with Crippen LogP contribution in [-0.2, 0) is 9.53 Å². The number of imide groups is 1. The second-order valence-electron chi connectivity index (χ2n) is 5.25. The Morgan fingerprint density at radius 1 is 1.27 bits per heavy atom. The van der Waals surface area contributed by atoms with E-state index in [1.165, 1.54) is 23.0 Å². The maximum atomic E-state index is 12.9. The van der Waals surface area contributed by atoms with Gasteiger partial charge in [-0.05, 0) is 30.5 Å². The first kappa shape index (κ1) is 18.2. The number of alkyl carbamates (subject to hydrolysis) is 1. The number of thioether (sulfide) groups is 1. The summed E-state index contributed by atoms with van der Waals surface area (Å²) in [7, 11) is 1.18. The van der Waals surface area contributed by atoms with E-state index in [1.807, 2.05) is 18.2 Å². The summed E-state index contributed by atoms with van der Waals surface area (Å²) in [6.45, 7) is 1.63. The Balaban J connectivity index is 2.03. The van der Waals surface area contributed by atoms with Crippen LogP contribution in [0.15, 0.2) is 51.7 Å². The van der Waals surface area contributed by atoms with Crippen molar-refractivity contribution in [1.82, 2.24) is 14.9 Å². The van der Waals surface area contributed by atoms with Gasteiger partial charge in [0, 0.05) is 0 Å². The molecule has 26 heavy (non-hydrogen) atoms. The summed E-state index contributed by atoms with van der Waals surface area (Å²) in [4.78, 5) is 41.4. The minimum absolute atomic E-state index is 0.203. The molecule has 2 amide bonds. The first-order chi connectivity index (χ1) is 12.5. The molecule has 0 saturated heterocycles. The number of hydrogen-bond acceptors (Lipinski definition) is 7. The topological polar surface area (TPSA) is 90.3 Å². The fourth-order valence-corrected chi connectivity index (χ4v) is 3.98. The summed E-state index contributed by atoms with van der Waals surface area (Å²) in [5.74, 6) is -0.526. The lowest BCUT2D eigenvalue weighted by molar-refractivity contribution is -0.119. The van der Waals surface area contributed by atoms with Crippen LogP contribution in [0.1, 0.15) is 6.92 Å². The number of benzene rings is 1. The Morgan fingerprint density at radius 3 is 2.69 bits per heavy atom. The van der Waals surface area contributed by atoms with Crippen molar-refractivity contribution in [2.75, 3.05) is 7.11 Å². The third-order valence-electron chi connectivity index (χ3n) is 3.54. The molecule has 0 aliphatic rings. The minimum atomic E-state index is -0.829. The highest BCUT2D eigenvalue weighted by Gasteiger charge is 2.22. The molecule has 1 N–H and O–H groups in total. The highest BCUT2D eigenvalue weighted by molar-refractivity contribution is 8.00. The van der Waals surface area contributed by atoms with Crippen LogP contribution < -0.4 is 10.9 Å². The number of fused-ring (bicyclic) bond motifs is 1. The summed E-state index contributed by atoms with van der Waals surface area (Å²) in [6.07, 6.45) is -0.829. The molecule has 0 spiro atoms. The van der Waals surface area contributed by atoms with Gasteiger partial charge in [0.25, 0.3) is 5.56 Å². The molecule has 0 radical (unpaired) electrons. The summed E-state index contributed by atoms with van der Waals surface area (Å²) in [5, 5.41) is 4.17. The zero-order chi connectivity index (χ0) is 18.7. The average Bonchev–Trinajstić information content (AvgIpc) is 3.11. The Labute approximate surface area is 157 Å². The summed E-state index contributed by atoms with van der Waals surface area (Å²) < 4.78 is 5.91. The third-order valence-corrected chi connectivity index (χ3v) is 5.40. The van der Waals surface area contributed by atoms with Crippen molar-refractivity contribution in [1.29, 1.82) is 0 Å². The Morgan fingerprint density at radius 2 is 2.00 bits per heavy atom. The fraction of sp³-hybridized carbons (Fsp3) is 0.176. The number of amides is 2. The molecule has 9 heteroatoms. The van der Waals surface area contributed by atoms with E-state index < -0.39 is 17.3 Å². The van der Waals surface area contributed by atoms with Gasteiger partial charge in [-0.2, -0.15) is 0 Å². The van der Waals surface area contributed by atoms with Gasteiger partial charge >= 0.3 is 6.09 Å².